The van der Waals surface area contributed by atoms with Crippen LogP contribution in [-0.4, -0.2) is 15.9 Å². The van der Waals surface area contributed by atoms with Gasteiger partial charge in [-0.25, -0.2) is 0 Å². The molecule has 0 spiro atoms. The fraction of sp³-hybridized carbons (Fsp3) is 0.222. The van der Waals surface area contributed by atoms with Gasteiger partial charge in [0.25, 0.3) is 0 Å². The van der Waals surface area contributed by atoms with Crippen molar-refractivity contribution >= 4 is 35.4 Å². The van der Waals surface area contributed by atoms with Crippen LogP contribution < -0.4 is 0 Å². The van der Waals surface area contributed by atoms with Crippen molar-refractivity contribution in [3.63, 3.8) is 0 Å². The minimum Gasteiger partial charge on any atom is -0.282 e. The Morgan fingerprint density at radius 3 is 2.50 bits per heavy atom. The SMILES string of the molecule is CCSC(=O)/C(C)=C/c1ccc(Cc2cccnc2)cc1.Cl. The number of pyridine rings is 1. The molecular weight excluding hydrogens is 314 g/mol. The van der Waals surface area contributed by atoms with Crippen molar-refractivity contribution < 1.29 is 4.79 Å². The molecule has 0 amide bonds. The molecule has 4 heteroatoms. The molecule has 1 aromatic heterocycles. The summed E-state index contributed by atoms with van der Waals surface area (Å²) in [4.78, 5) is 15.9. The molecular formula is C18H20ClNOS. The molecule has 2 nitrogen and oxygen atoms in total. The minimum atomic E-state index is 0. The van der Waals surface area contributed by atoms with E-state index in [2.05, 4.69) is 35.3 Å². The van der Waals surface area contributed by atoms with Gasteiger partial charge in [-0.2, -0.15) is 0 Å². The Kier molecular flexibility index (Phi) is 7.92. The van der Waals surface area contributed by atoms with Crippen LogP contribution in [-0.2, 0) is 11.2 Å². The van der Waals surface area contributed by atoms with Crippen molar-refractivity contribution in [2.24, 2.45) is 0 Å². The molecule has 0 atom stereocenters. The predicted octanol–water partition coefficient (Wildman–Crippen LogP) is 4.78. The normalized spacial score (nSPS) is 10.9. The fourth-order valence-corrected chi connectivity index (χ4v) is 2.57. The highest BCUT2D eigenvalue weighted by molar-refractivity contribution is 8.14. The Morgan fingerprint density at radius 2 is 1.91 bits per heavy atom. The smallest absolute Gasteiger partial charge is 0.215 e. The zero-order valence-electron chi connectivity index (χ0n) is 12.8. The highest BCUT2D eigenvalue weighted by Crippen LogP contribution is 2.15. The van der Waals surface area contributed by atoms with Gasteiger partial charge in [0.15, 0.2) is 0 Å². The number of halogens is 1. The third-order valence-corrected chi connectivity index (χ3v) is 3.96. The van der Waals surface area contributed by atoms with E-state index in [9.17, 15) is 4.79 Å². The lowest BCUT2D eigenvalue weighted by Gasteiger charge is -2.03. The Labute approximate surface area is 142 Å². The molecule has 0 aliphatic rings. The van der Waals surface area contributed by atoms with Crippen LogP contribution in [0, 0.1) is 0 Å². The van der Waals surface area contributed by atoms with Gasteiger partial charge in [-0.1, -0.05) is 49.0 Å². The summed E-state index contributed by atoms with van der Waals surface area (Å²) in [5.41, 5.74) is 4.30. The lowest BCUT2D eigenvalue weighted by atomic mass is 10.0. The number of carbonyl (C=O) groups excluding carboxylic acids is 1. The summed E-state index contributed by atoms with van der Waals surface area (Å²) in [5, 5.41) is 0.150. The van der Waals surface area contributed by atoms with E-state index in [0.717, 1.165) is 23.3 Å². The maximum absolute atomic E-state index is 11.7. The third-order valence-electron chi connectivity index (χ3n) is 3.09. The molecule has 0 bridgehead atoms. The van der Waals surface area contributed by atoms with Gasteiger partial charge in [-0.05, 0) is 47.9 Å². The first-order valence-electron chi connectivity index (χ1n) is 7.02. The molecule has 1 heterocycles. The molecule has 0 saturated heterocycles. The van der Waals surface area contributed by atoms with Crippen LogP contribution in [0.1, 0.15) is 30.5 Å². The Hall–Kier alpha value is -1.58. The van der Waals surface area contributed by atoms with E-state index in [4.69, 9.17) is 0 Å². The number of thioether (sulfide) groups is 1. The molecule has 0 unspecified atom stereocenters. The van der Waals surface area contributed by atoms with E-state index in [1.165, 1.54) is 22.9 Å². The molecule has 22 heavy (non-hydrogen) atoms. The summed E-state index contributed by atoms with van der Waals surface area (Å²) >= 11 is 1.35. The minimum absolute atomic E-state index is 0. The standard InChI is InChI=1S/C18H19NOS.ClH/c1-3-21-18(20)14(2)11-15-6-8-16(9-7-15)12-17-5-4-10-19-13-17;/h4-11,13H,3,12H2,1-2H3;1H/b14-11+;. The zero-order valence-corrected chi connectivity index (χ0v) is 14.4. The first kappa shape index (κ1) is 18.5. The van der Waals surface area contributed by atoms with Crippen LogP contribution in [0.3, 0.4) is 0 Å². The van der Waals surface area contributed by atoms with Crippen molar-refractivity contribution in [1.29, 1.82) is 0 Å². The molecule has 0 radical (unpaired) electrons. The topological polar surface area (TPSA) is 30.0 Å². The van der Waals surface area contributed by atoms with Crippen molar-refractivity contribution in [1.82, 2.24) is 4.98 Å². The number of aromatic nitrogens is 1. The molecule has 0 fully saturated rings. The molecule has 0 N–H and O–H groups in total. The van der Waals surface area contributed by atoms with Crippen molar-refractivity contribution in [3.05, 3.63) is 71.1 Å². The summed E-state index contributed by atoms with van der Waals surface area (Å²) in [5.74, 6) is 0.814. The zero-order chi connectivity index (χ0) is 15.1. The number of nitrogens with zero attached hydrogens (tertiary/aromatic N) is 1. The summed E-state index contributed by atoms with van der Waals surface area (Å²) in [6.45, 7) is 3.86. The van der Waals surface area contributed by atoms with Crippen LogP contribution in [0.25, 0.3) is 6.08 Å². The van der Waals surface area contributed by atoms with Crippen LogP contribution in [0.2, 0.25) is 0 Å². The molecule has 0 saturated carbocycles. The van der Waals surface area contributed by atoms with E-state index in [1.54, 1.807) is 6.20 Å². The second kappa shape index (κ2) is 9.44. The molecule has 1 aromatic carbocycles. The first-order chi connectivity index (χ1) is 10.2. The van der Waals surface area contributed by atoms with Gasteiger partial charge in [-0.3, -0.25) is 9.78 Å². The summed E-state index contributed by atoms with van der Waals surface area (Å²) in [6.07, 6.45) is 6.49. The second-order valence-electron chi connectivity index (χ2n) is 4.83. The number of hydrogen-bond donors (Lipinski definition) is 0. The maximum atomic E-state index is 11.7. The number of hydrogen-bond acceptors (Lipinski definition) is 3. The average molecular weight is 334 g/mol. The quantitative estimate of drug-likeness (QED) is 0.738. The van der Waals surface area contributed by atoms with Crippen molar-refractivity contribution in [3.8, 4) is 0 Å². The Bertz CT molecular complexity index is 623. The molecule has 2 rings (SSSR count). The van der Waals surface area contributed by atoms with E-state index in [0.29, 0.717) is 0 Å². The first-order valence-corrected chi connectivity index (χ1v) is 8.01. The lowest BCUT2D eigenvalue weighted by molar-refractivity contribution is -0.107. The number of rotatable bonds is 5. The Morgan fingerprint density at radius 1 is 1.18 bits per heavy atom. The number of carbonyl (C=O) groups is 1. The van der Waals surface area contributed by atoms with Gasteiger partial charge in [-0.15, -0.1) is 12.4 Å². The summed E-state index contributed by atoms with van der Waals surface area (Å²) < 4.78 is 0. The highest BCUT2D eigenvalue weighted by atomic mass is 35.5. The van der Waals surface area contributed by atoms with Gasteiger partial charge in [0.2, 0.25) is 5.12 Å². The molecule has 0 aliphatic heterocycles. The predicted molar refractivity (Wildman–Crippen MR) is 97.5 cm³/mol. The van der Waals surface area contributed by atoms with Crippen LogP contribution in [0.5, 0.6) is 0 Å². The van der Waals surface area contributed by atoms with Crippen molar-refractivity contribution in [2.75, 3.05) is 5.75 Å². The maximum Gasteiger partial charge on any atom is 0.215 e. The molecule has 2 aromatic rings. The van der Waals surface area contributed by atoms with Crippen LogP contribution in [0.4, 0.5) is 0 Å². The highest BCUT2D eigenvalue weighted by Gasteiger charge is 2.03. The van der Waals surface area contributed by atoms with Crippen molar-refractivity contribution in [2.45, 2.75) is 20.3 Å². The molecule has 0 aliphatic carbocycles. The van der Waals surface area contributed by atoms with Crippen LogP contribution in [0.15, 0.2) is 54.4 Å². The van der Waals surface area contributed by atoms with Gasteiger partial charge >= 0.3 is 0 Å². The molecule has 116 valence electrons. The number of benzene rings is 1. The van der Waals surface area contributed by atoms with E-state index in [-0.39, 0.29) is 17.5 Å². The second-order valence-corrected chi connectivity index (χ2v) is 6.06. The summed E-state index contributed by atoms with van der Waals surface area (Å²) in [6, 6.07) is 12.3. The lowest BCUT2D eigenvalue weighted by Crippen LogP contribution is -1.94. The van der Waals surface area contributed by atoms with E-state index in [1.807, 2.05) is 32.2 Å². The summed E-state index contributed by atoms with van der Waals surface area (Å²) in [7, 11) is 0. The fourth-order valence-electron chi connectivity index (χ4n) is 2.02. The van der Waals surface area contributed by atoms with Crippen LogP contribution >= 0.6 is 24.2 Å². The largest absolute Gasteiger partial charge is 0.282 e. The average Bonchev–Trinajstić information content (AvgIpc) is 2.50. The third kappa shape index (κ3) is 5.66. The van der Waals surface area contributed by atoms with Gasteiger partial charge in [0, 0.05) is 18.0 Å². The van der Waals surface area contributed by atoms with E-state index < -0.39 is 0 Å². The van der Waals surface area contributed by atoms with Gasteiger partial charge in [0.1, 0.15) is 0 Å². The monoisotopic (exact) mass is 333 g/mol. The van der Waals surface area contributed by atoms with Gasteiger partial charge < -0.3 is 0 Å². The van der Waals surface area contributed by atoms with Gasteiger partial charge in [0.05, 0.1) is 0 Å². The Balaban J connectivity index is 0.00000242. The van der Waals surface area contributed by atoms with E-state index >= 15 is 0 Å².